The topological polar surface area (TPSA) is 41.1 Å². The second-order valence-corrected chi connectivity index (χ2v) is 4.91. The molecule has 1 atom stereocenters. The summed E-state index contributed by atoms with van der Waals surface area (Å²) in [6, 6.07) is 3.50. The summed E-state index contributed by atoms with van der Waals surface area (Å²) >= 11 is 0. The van der Waals surface area contributed by atoms with Crippen LogP contribution in [0.15, 0.2) is 12.1 Å². The average molecular weight is 250 g/mol. The number of carbonyl (C=O) groups excluding carboxylic acids is 1. The van der Waals surface area contributed by atoms with Gasteiger partial charge in [0.05, 0.1) is 6.04 Å². The van der Waals surface area contributed by atoms with Crippen LogP contribution >= 0.6 is 0 Å². The minimum absolute atomic E-state index is 0.0344. The first-order valence-corrected chi connectivity index (χ1v) is 6.34. The fraction of sp³-hybridized carbons (Fsp3) is 0.500. The predicted molar refractivity (Wildman–Crippen MR) is 68.7 cm³/mol. The Hall–Kier alpha value is -1.42. The summed E-state index contributed by atoms with van der Waals surface area (Å²) in [5, 5.41) is 6.04. The van der Waals surface area contributed by atoms with E-state index < -0.39 is 0 Å². The van der Waals surface area contributed by atoms with Gasteiger partial charge in [-0.05, 0) is 49.9 Å². The van der Waals surface area contributed by atoms with E-state index in [4.69, 9.17) is 0 Å². The maximum absolute atomic E-state index is 13.5. The summed E-state index contributed by atoms with van der Waals surface area (Å²) in [6.07, 6.45) is 1.94. The Morgan fingerprint density at radius 1 is 1.44 bits per heavy atom. The zero-order chi connectivity index (χ0) is 13.1. The third kappa shape index (κ3) is 2.88. The van der Waals surface area contributed by atoms with Crippen molar-refractivity contribution in [1.29, 1.82) is 0 Å². The molecule has 1 amide bonds. The molecule has 2 N–H and O–H groups in total. The molecule has 1 aliphatic rings. The smallest absolute Gasteiger partial charge is 0.237 e. The molecule has 0 bridgehead atoms. The normalized spacial score (nSPS) is 18.9. The molecular formula is C14H19FN2O. The van der Waals surface area contributed by atoms with Crippen LogP contribution < -0.4 is 10.6 Å². The molecule has 3 nitrogen and oxygen atoms in total. The molecule has 1 saturated heterocycles. The van der Waals surface area contributed by atoms with E-state index in [1.807, 2.05) is 0 Å². The Morgan fingerprint density at radius 3 is 2.67 bits per heavy atom. The third-order valence-corrected chi connectivity index (χ3v) is 3.34. The quantitative estimate of drug-likeness (QED) is 0.859. The zero-order valence-electron chi connectivity index (χ0n) is 10.8. The highest BCUT2D eigenvalue weighted by molar-refractivity contribution is 5.81. The molecule has 0 spiro atoms. The van der Waals surface area contributed by atoms with Gasteiger partial charge in [-0.25, -0.2) is 4.39 Å². The molecule has 0 aliphatic carbocycles. The van der Waals surface area contributed by atoms with Gasteiger partial charge in [-0.1, -0.05) is 12.1 Å². The molecule has 1 aliphatic heterocycles. The summed E-state index contributed by atoms with van der Waals surface area (Å²) < 4.78 is 13.5. The van der Waals surface area contributed by atoms with E-state index in [-0.39, 0.29) is 17.8 Å². The number of hydrogen-bond acceptors (Lipinski definition) is 2. The van der Waals surface area contributed by atoms with Crippen molar-refractivity contribution in [3.63, 3.8) is 0 Å². The molecule has 0 saturated carbocycles. The van der Waals surface area contributed by atoms with Crippen LogP contribution in [0.25, 0.3) is 0 Å². The molecule has 0 radical (unpaired) electrons. The summed E-state index contributed by atoms with van der Waals surface area (Å²) in [5.41, 5.74) is 2.19. The fourth-order valence-electron chi connectivity index (χ4n) is 2.36. The van der Waals surface area contributed by atoms with Crippen LogP contribution in [0.2, 0.25) is 0 Å². The van der Waals surface area contributed by atoms with Gasteiger partial charge < -0.3 is 10.6 Å². The van der Waals surface area contributed by atoms with E-state index in [9.17, 15) is 9.18 Å². The molecule has 98 valence electrons. The van der Waals surface area contributed by atoms with Gasteiger partial charge >= 0.3 is 0 Å². The van der Waals surface area contributed by atoms with Crippen LogP contribution in [-0.4, -0.2) is 18.5 Å². The van der Waals surface area contributed by atoms with E-state index >= 15 is 0 Å². The van der Waals surface area contributed by atoms with Gasteiger partial charge in [0.2, 0.25) is 5.91 Å². The summed E-state index contributed by atoms with van der Waals surface area (Å²) in [5.74, 6) is -0.130. The predicted octanol–water partition coefficient (Wildman–Crippen LogP) is 1.81. The Balaban J connectivity index is 1.95. The van der Waals surface area contributed by atoms with Crippen molar-refractivity contribution < 1.29 is 9.18 Å². The molecular weight excluding hydrogens is 231 g/mol. The van der Waals surface area contributed by atoms with Crippen molar-refractivity contribution in [1.82, 2.24) is 10.6 Å². The van der Waals surface area contributed by atoms with Gasteiger partial charge in [0.15, 0.2) is 0 Å². The monoisotopic (exact) mass is 250 g/mol. The largest absolute Gasteiger partial charge is 0.351 e. The van der Waals surface area contributed by atoms with E-state index in [0.29, 0.717) is 17.7 Å². The molecule has 0 aromatic heterocycles. The maximum atomic E-state index is 13.5. The number of carbonyl (C=O) groups is 1. The molecule has 1 aromatic rings. The lowest BCUT2D eigenvalue weighted by Crippen LogP contribution is -2.40. The van der Waals surface area contributed by atoms with E-state index in [1.165, 1.54) is 0 Å². The lowest BCUT2D eigenvalue weighted by atomic mass is 10.1. The van der Waals surface area contributed by atoms with Crippen molar-refractivity contribution in [2.24, 2.45) is 0 Å². The van der Waals surface area contributed by atoms with Crippen molar-refractivity contribution in [3.8, 4) is 0 Å². The Labute approximate surface area is 107 Å². The van der Waals surface area contributed by atoms with Gasteiger partial charge in [-0.2, -0.15) is 0 Å². The van der Waals surface area contributed by atoms with Crippen LogP contribution in [-0.2, 0) is 11.3 Å². The minimum atomic E-state index is -0.164. The van der Waals surface area contributed by atoms with Gasteiger partial charge in [0.1, 0.15) is 5.82 Å². The highest BCUT2D eigenvalue weighted by atomic mass is 19.1. The fourth-order valence-corrected chi connectivity index (χ4v) is 2.36. The third-order valence-electron chi connectivity index (χ3n) is 3.34. The average Bonchev–Trinajstić information content (AvgIpc) is 2.86. The number of rotatable bonds is 3. The molecule has 4 heteroatoms. The maximum Gasteiger partial charge on any atom is 0.237 e. The number of halogens is 1. The molecule has 18 heavy (non-hydrogen) atoms. The summed E-state index contributed by atoms with van der Waals surface area (Å²) in [6.45, 7) is 4.85. The lowest BCUT2D eigenvalue weighted by Gasteiger charge is -2.12. The van der Waals surface area contributed by atoms with Crippen LogP contribution in [0.1, 0.15) is 29.5 Å². The van der Waals surface area contributed by atoms with Crippen LogP contribution in [0, 0.1) is 19.7 Å². The second kappa shape index (κ2) is 5.48. The first kappa shape index (κ1) is 13.0. The van der Waals surface area contributed by atoms with Crippen LogP contribution in [0.5, 0.6) is 0 Å². The second-order valence-electron chi connectivity index (χ2n) is 4.91. The lowest BCUT2D eigenvalue weighted by molar-refractivity contribution is -0.122. The number of benzene rings is 1. The van der Waals surface area contributed by atoms with Crippen LogP contribution in [0.3, 0.4) is 0 Å². The number of amides is 1. The van der Waals surface area contributed by atoms with E-state index in [2.05, 4.69) is 10.6 Å². The van der Waals surface area contributed by atoms with Crippen molar-refractivity contribution >= 4 is 5.91 Å². The highest BCUT2D eigenvalue weighted by Gasteiger charge is 2.21. The molecule has 2 rings (SSSR count). The van der Waals surface area contributed by atoms with Crippen molar-refractivity contribution in [2.45, 2.75) is 39.3 Å². The SMILES string of the molecule is Cc1cc(CNC(=O)[C@H]2CCCN2)cc(C)c1F. The molecule has 0 unspecified atom stereocenters. The summed E-state index contributed by atoms with van der Waals surface area (Å²) in [4.78, 5) is 11.8. The standard InChI is InChI=1S/C14H19FN2O/c1-9-6-11(7-10(2)13(9)15)8-17-14(18)12-4-3-5-16-12/h6-7,12,16H,3-5,8H2,1-2H3,(H,17,18)/t12-/m1/s1. The minimum Gasteiger partial charge on any atom is -0.351 e. The zero-order valence-corrected chi connectivity index (χ0v) is 10.8. The van der Waals surface area contributed by atoms with Gasteiger partial charge in [0, 0.05) is 6.54 Å². The van der Waals surface area contributed by atoms with Crippen LogP contribution in [0.4, 0.5) is 4.39 Å². The highest BCUT2D eigenvalue weighted by Crippen LogP contribution is 2.14. The number of hydrogen-bond donors (Lipinski definition) is 2. The van der Waals surface area contributed by atoms with Crippen molar-refractivity contribution in [2.75, 3.05) is 6.54 Å². The van der Waals surface area contributed by atoms with Gasteiger partial charge in [-0.3, -0.25) is 4.79 Å². The Morgan fingerprint density at radius 2 is 2.11 bits per heavy atom. The van der Waals surface area contributed by atoms with E-state index in [0.717, 1.165) is 24.9 Å². The van der Waals surface area contributed by atoms with Gasteiger partial charge in [0.25, 0.3) is 0 Å². The molecule has 1 fully saturated rings. The first-order valence-electron chi connectivity index (χ1n) is 6.34. The first-order chi connectivity index (χ1) is 8.58. The Kier molecular flexibility index (Phi) is 3.97. The van der Waals surface area contributed by atoms with Crippen molar-refractivity contribution in [3.05, 3.63) is 34.6 Å². The van der Waals surface area contributed by atoms with E-state index in [1.54, 1.807) is 26.0 Å². The Bertz CT molecular complexity index is 430. The number of aryl methyl sites for hydroxylation is 2. The molecule has 1 heterocycles. The van der Waals surface area contributed by atoms with Gasteiger partial charge in [-0.15, -0.1) is 0 Å². The molecule has 1 aromatic carbocycles. The summed E-state index contributed by atoms with van der Waals surface area (Å²) in [7, 11) is 0. The number of nitrogens with one attached hydrogen (secondary N) is 2.